The van der Waals surface area contributed by atoms with Crippen LogP contribution in [0.25, 0.3) is 0 Å². The highest BCUT2D eigenvalue weighted by molar-refractivity contribution is 4.88. The van der Waals surface area contributed by atoms with Crippen LogP contribution in [0.1, 0.15) is 59.3 Å². The molecule has 0 saturated carbocycles. The van der Waals surface area contributed by atoms with E-state index in [1.807, 2.05) is 0 Å². The maximum atomic E-state index is 2.56. The highest BCUT2D eigenvalue weighted by atomic mass is 15.1. The second-order valence-corrected chi connectivity index (χ2v) is 5.30. The molecule has 1 heterocycles. The van der Waals surface area contributed by atoms with Gasteiger partial charge in [-0.15, -0.1) is 0 Å². The lowest BCUT2D eigenvalue weighted by Crippen LogP contribution is -2.45. The largest absolute Gasteiger partial charge is 0.303 e. The zero-order chi connectivity index (χ0) is 10.6. The predicted molar refractivity (Wildman–Crippen MR) is 63.6 cm³/mol. The topological polar surface area (TPSA) is 3.24 Å². The summed E-state index contributed by atoms with van der Waals surface area (Å²) in [6.45, 7) is 8.35. The highest BCUT2D eigenvalue weighted by Gasteiger charge is 2.34. The first-order valence-electron chi connectivity index (χ1n) is 6.34. The SMILES string of the molecule is CCCC1(CCC)CCC(C)N(C)C1. The van der Waals surface area contributed by atoms with Crippen LogP contribution in [0.15, 0.2) is 0 Å². The molecule has 1 nitrogen and oxygen atoms in total. The molecule has 1 rings (SSSR count). The Labute approximate surface area is 89.9 Å². The minimum atomic E-state index is 0.658. The van der Waals surface area contributed by atoms with Gasteiger partial charge in [-0.2, -0.15) is 0 Å². The average Bonchev–Trinajstić information content (AvgIpc) is 2.13. The van der Waals surface area contributed by atoms with Crippen molar-refractivity contribution < 1.29 is 0 Å². The summed E-state index contributed by atoms with van der Waals surface area (Å²) < 4.78 is 0. The van der Waals surface area contributed by atoms with Gasteiger partial charge in [-0.1, -0.05) is 26.7 Å². The van der Waals surface area contributed by atoms with Gasteiger partial charge < -0.3 is 4.90 Å². The number of piperidine rings is 1. The Morgan fingerprint density at radius 1 is 1.21 bits per heavy atom. The van der Waals surface area contributed by atoms with Crippen LogP contribution in [0.3, 0.4) is 0 Å². The standard InChI is InChI=1S/C13H27N/c1-5-8-13(9-6-2)10-7-12(3)14(4)11-13/h12H,5-11H2,1-4H3. The van der Waals surface area contributed by atoms with Gasteiger partial charge in [0.2, 0.25) is 0 Å². The average molecular weight is 197 g/mol. The molecule has 1 saturated heterocycles. The minimum Gasteiger partial charge on any atom is -0.303 e. The molecule has 1 unspecified atom stereocenters. The van der Waals surface area contributed by atoms with E-state index in [4.69, 9.17) is 0 Å². The molecule has 84 valence electrons. The van der Waals surface area contributed by atoms with Gasteiger partial charge in [0.05, 0.1) is 0 Å². The highest BCUT2D eigenvalue weighted by Crippen LogP contribution is 2.40. The molecular weight excluding hydrogens is 170 g/mol. The van der Waals surface area contributed by atoms with Crippen molar-refractivity contribution in [1.29, 1.82) is 0 Å². The number of rotatable bonds is 4. The van der Waals surface area contributed by atoms with Crippen LogP contribution >= 0.6 is 0 Å². The zero-order valence-corrected chi connectivity index (χ0v) is 10.5. The van der Waals surface area contributed by atoms with E-state index < -0.39 is 0 Å². The van der Waals surface area contributed by atoms with Crippen LogP contribution in [0.4, 0.5) is 0 Å². The van der Waals surface area contributed by atoms with E-state index in [9.17, 15) is 0 Å². The molecule has 0 bridgehead atoms. The predicted octanol–water partition coefficient (Wildman–Crippen LogP) is 3.69. The number of nitrogens with zero attached hydrogens (tertiary/aromatic N) is 1. The van der Waals surface area contributed by atoms with E-state index in [2.05, 4.69) is 32.7 Å². The maximum Gasteiger partial charge on any atom is 0.00643 e. The third-order valence-electron chi connectivity index (χ3n) is 3.99. The van der Waals surface area contributed by atoms with Crippen LogP contribution in [0, 0.1) is 5.41 Å². The summed E-state index contributed by atoms with van der Waals surface area (Å²) in [5.74, 6) is 0. The van der Waals surface area contributed by atoms with Crippen LogP contribution in [0.2, 0.25) is 0 Å². The fraction of sp³-hybridized carbons (Fsp3) is 1.00. The van der Waals surface area contributed by atoms with Crippen molar-refractivity contribution in [3.8, 4) is 0 Å². The third kappa shape index (κ3) is 2.73. The molecule has 0 aromatic heterocycles. The Kier molecular flexibility index (Phi) is 4.43. The lowest BCUT2D eigenvalue weighted by molar-refractivity contribution is 0.0533. The molecule has 0 amide bonds. The molecule has 1 aliphatic rings. The van der Waals surface area contributed by atoms with Gasteiger partial charge >= 0.3 is 0 Å². The van der Waals surface area contributed by atoms with Gasteiger partial charge in [0.15, 0.2) is 0 Å². The number of hydrogen-bond acceptors (Lipinski definition) is 1. The van der Waals surface area contributed by atoms with E-state index in [1.54, 1.807) is 0 Å². The molecule has 1 atom stereocenters. The first-order chi connectivity index (χ1) is 6.63. The fourth-order valence-electron chi connectivity index (χ4n) is 3.09. The Balaban J connectivity index is 2.59. The van der Waals surface area contributed by atoms with E-state index >= 15 is 0 Å². The molecule has 1 fully saturated rings. The second kappa shape index (κ2) is 5.16. The quantitative estimate of drug-likeness (QED) is 0.664. The van der Waals surface area contributed by atoms with Gasteiger partial charge in [0.1, 0.15) is 0 Å². The summed E-state index contributed by atoms with van der Waals surface area (Å²) in [6.07, 6.45) is 8.41. The monoisotopic (exact) mass is 197 g/mol. The molecule has 0 aromatic rings. The van der Waals surface area contributed by atoms with Crippen LogP contribution in [-0.2, 0) is 0 Å². The Hall–Kier alpha value is -0.0400. The molecular formula is C13H27N. The summed E-state index contributed by atoms with van der Waals surface area (Å²) in [7, 11) is 2.30. The lowest BCUT2D eigenvalue weighted by atomic mass is 9.72. The first kappa shape index (κ1) is 12.0. The smallest absolute Gasteiger partial charge is 0.00643 e. The van der Waals surface area contributed by atoms with Crippen LogP contribution in [0.5, 0.6) is 0 Å². The van der Waals surface area contributed by atoms with Gasteiger partial charge in [0, 0.05) is 12.6 Å². The molecule has 0 aromatic carbocycles. The van der Waals surface area contributed by atoms with E-state index in [-0.39, 0.29) is 0 Å². The van der Waals surface area contributed by atoms with Gasteiger partial charge in [-0.25, -0.2) is 0 Å². The summed E-state index contributed by atoms with van der Waals surface area (Å²) in [5.41, 5.74) is 0.658. The fourth-order valence-corrected chi connectivity index (χ4v) is 3.09. The summed E-state index contributed by atoms with van der Waals surface area (Å²) in [5, 5.41) is 0. The molecule has 0 spiro atoms. The molecule has 0 radical (unpaired) electrons. The Morgan fingerprint density at radius 2 is 1.79 bits per heavy atom. The van der Waals surface area contributed by atoms with E-state index in [0.29, 0.717) is 5.41 Å². The van der Waals surface area contributed by atoms with Crippen molar-refractivity contribution in [3.05, 3.63) is 0 Å². The van der Waals surface area contributed by atoms with E-state index in [1.165, 1.54) is 45.1 Å². The van der Waals surface area contributed by atoms with Crippen LogP contribution < -0.4 is 0 Å². The number of hydrogen-bond donors (Lipinski definition) is 0. The zero-order valence-electron chi connectivity index (χ0n) is 10.5. The molecule has 14 heavy (non-hydrogen) atoms. The summed E-state index contributed by atoms with van der Waals surface area (Å²) in [4.78, 5) is 2.56. The third-order valence-corrected chi connectivity index (χ3v) is 3.99. The van der Waals surface area contributed by atoms with Crippen LogP contribution in [-0.4, -0.2) is 24.5 Å². The molecule has 1 aliphatic heterocycles. The minimum absolute atomic E-state index is 0.658. The molecule has 1 heteroatoms. The summed E-state index contributed by atoms with van der Waals surface area (Å²) in [6, 6.07) is 0.803. The Morgan fingerprint density at radius 3 is 2.21 bits per heavy atom. The van der Waals surface area contributed by atoms with Gasteiger partial charge in [-0.05, 0) is 45.1 Å². The van der Waals surface area contributed by atoms with Crippen molar-refractivity contribution in [2.45, 2.75) is 65.3 Å². The summed E-state index contributed by atoms with van der Waals surface area (Å²) >= 11 is 0. The van der Waals surface area contributed by atoms with Crippen molar-refractivity contribution in [2.75, 3.05) is 13.6 Å². The maximum absolute atomic E-state index is 2.56. The van der Waals surface area contributed by atoms with E-state index in [0.717, 1.165) is 6.04 Å². The van der Waals surface area contributed by atoms with Crippen molar-refractivity contribution in [3.63, 3.8) is 0 Å². The lowest BCUT2D eigenvalue weighted by Gasteiger charge is -2.45. The van der Waals surface area contributed by atoms with Crippen molar-refractivity contribution in [2.24, 2.45) is 5.41 Å². The second-order valence-electron chi connectivity index (χ2n) is 5.30. The molecule has 0 N–H and O–H groups in total. The molecule has 0 aliphatic carbocycles. The normalized spacial score (nSPS) is 27.9. The van der Waals surface area contributed by atoms with Gasteiger partial charge in [0.25, 0.3) is 0 Å². The van der Waals surface area contributed by atoms with Gasteiger partial charge in [-0.3, -0.25) is 0 Å². The first-order valence-corrected chi connectivity index (χ1v) is 6.34. The van der Waals surface area contributed by atoms with Crippen molar-refractivity contribution in [1.82, 2.24) is 4.90 Å². The Bertz CT molecular complexity index is 159. The number of likely N-dealkylation sites (tertiary alicyclic amines) is 1. The van der Waals surface area contributed by atoms with Crippen molar-refractivity contribution >= 4 is 0 Å².